The molecule has 1 aliphatic heterocycles. The summed E-state index contributed by atoms with van der Waals surface area (Å²) in [5.74, 6) is 0.806. The number of carbonyl (C=O) groups is 1. The smallest absolute Gasteiger partial charge is 0.410 e. The molecule has 5 nitrogen and oxygen atoms in total. The summed E-state index contributed by atoms with van der Waals surface area (Å²) >= 11 is 0. The van der Waals surface area contributed by atoms with E-state index >= 15 is 0 Å². The normalized spacial score (nSPS) is 15.1. The van der Waals surface area contributed by atoms with Gasteiger partial charge < -0.3 is 14.1 Å². The van der Waals surface area contributed by atoms with Gasteiger partial charge >= 0.3 is 6.09 Å². The van der Waals surface area contributed by atoms with Crippen molar-refractivity contribution in [2.24, 2.45) is 0 Å². The van der Waals surface area contributed by atoms with Crippen LogP contribution in [0, 0.1) is 0 Å². The first kappa shape index (κ1) is 16.6. The molecule has 2 heterocycles. The van der Waals surface area contributed by atoms with E-state index in [1.54, 1.807) is 4.90 Å². The molecule has 1 aliphatic rings. The van der Waals surface area contributed by atoms with Crippen molar-refractivity contribution in [3.8, 4) is 11.1 Å². The number of rotatable bonds is 2. The van der Waals surface area contributed by atoms with Crippen LogP contribution in [0.4, 0.5) is 4.79 Å². The predicted octanol–water partition coefficient (Wildman–Crippen LogP) is 4.83. The number of ether oxygens (including phenoxy) is 1. The predicted molar refractivity (Wildman–Crippen MR) is 100.0 cm³/mol. The molecule has 0 spiro atoms. The zero-order chi connectivity index (χ0) is 18.3. The van der Waals surface area contributed by atoms with Crippen LogP contribution in [-0.4, -0.2) is 34.7 Å². The molecule has 0 unspecified atom stereocenters. The Labute approximate surface area is 152 Å². The Balaban J connectivity index is 1.48. The van der Waals surface area contributed by atoms with Crippen LogP contribution in [0.15, 0.2) is 52.9 Å². The Morgan fingerprint density at radius 2 is 1.85 bits per heavy atom. The molecule has 0 bridgehead atoms. The molecule has 1 aromatic heterocycles. The number of amides is 1. The Morgan fingerprint density at radius 1 is 1.12 bits per heavy atom. The maximum absolute atomic E-state index is 12.0. The number of nitrogens with zero attached hydrogens (tertiary/aromatic N) is 2. The third-order valence-electron chi connectivity index (χ3n) is 4.39. The van der Waals surface area contributed by atoms with E-state index in [1.807, 2.05) is 51.1 Å². The minimum Gasteiger partial charge on any atom is -0.444 e. The van der Waals surface area contributed by atoms with E-state index in [0.29, 0.717) is 19.0 Å². The van der Waals surface area contributed by atoms with Gasteiger partial charge in [-0.05, 0) is 44.0 Å². The van der Waals surface area contributed by atoms with E-state index in [9.17, 15) is 4.79 Å². The maximum atomic E-state index is 12.0. The number of fused-ring (bicyclic) bond motifs is 1. The highest BCUT2D eigenvalue weighted by Gasteiger charge is 2.37. The van der Waals surface area contributed by atoms with Crippen molar-refractivity contribution in [3.05, 3.63) is 54.4 Å². The van der Waals surface area contributed by atoms with Gasteiger partial charge in [0.2, 0.25) is 5.89 Å². The van der Waals surface area contributed by atoms with E-state index in [1.165, 1.54) is 0 Å². The highest BCUT2D eigenvalue weighted by atomic mass is 16.6. The number of benzene rings is 2. The van der Waals surface area contributed by atoms with E-state index in [4.69, 9.17) is 9.15 Å². The molecule has 0 N–H and O–H groups in total. The van der Waals surface area contributed by atoms with Crippen molar-refractivity contribution in [1.29, 1.82) is 0 Å². The molecule has 4 rings (SSSR count). The van der Waals surface area contributed by atoms with Crippen LogP contribution in [0.25, 0.3) is 22.2 Å². The third kappa shape index (κ3) is 3.29. The topological polar surface area (TPSA) is 55.6 Å². The molecule has 1 saturated heterocycles. The summed E-state index contributed by atoms with van der Waals surface area (Å²) in [4.78, 5) is 18.3. The second kappa shape index (κ2) is 6.16. The Hall–Kier alpha value is -2.82. The number of hydrogen-bond donors (Lipinski definition) is 0. The molecule has 3 aromatic rings. The van der Waals surface area contributed by atoms with Gasteiger partial charge in [0.1, 0.15) is 11.1 Å². The van der Waals surface area contributed by atoms with Crippen LogP contribution >= 0.6 is 0 Å². The zero-order valence-corrected chi connectivity index (χ0v) is 15.2. The van der Waals surface area contributed by atoms with Gasteiger partial charge in [0, 0.05) is 13.1 Å². The van der Waals surface area contributed by atoms with Gasteiger partial charge in [-0.15, -0.1) is 0 Å². The van der Waals surface area contributed by atoms with E-state index in [2.05, 4.69) is 23.2 Å². The lowest BCUT2D eigenvalue weighted by molar-refractivity contribution is 0.00621. The molecule has 0 saturated carbocycles. The highest BCUT2D eigenvalue weighted by molar-refractivity contribution is 5.80. The minimum absolute atomic E-state index is 0.120. The number of oxazole rings is 1. The third-order valence-corrected chi connectivity index (χ3v) is 4.39. The second-order valence-corrected chi connectivity index (χ2v) is 7.68. The van der Waals surface area contributed by atoms with Crippen LogP contribution in [0.3, 0.4) is 0 Å². The van der Waals surface area contributed by atoms with E-state index in [-0.39, 0.29) is 12.0 Å². The summed E-state index contributed by atoms with van der Waals surface area (Å²) in [7, 11) is 0. The van der Waals surface area contributed by atoms with Gasteiger partial charge in [0.25, 0.3) is 0 Å². The quantitative estimate of drug-likeness (QED) is 0.664. The molecule has 0 radical (unpaired) electrons. The lowest BCUT2D eigenvalue weighted by atomic mass is 10.0. The van der Waals surface area contributed by atoms with Crippen LogP contribution in [-0.2, 0) is 4.74 Å². The molecule has 5 heteroatoms. The summed E-state index contributed by atoms with van der Waals surface area (Å²) < 4.78 is 11.4. The summed E-state index contributed by atoms with van der Waals surface area (Å²) in [5, 5.41) is 0. The van der Waals surface area contributed by atoms with Crippen molar-refractivity contribution in [2.75, 3.05) is 13.1 Å². The summed E-state index contributed by atoms with van der Waals surface area (Å²) in [6.07, 6.45) is -0.281. The van der Waals surface area contributed by atoms with Crippen LogP contribution < -0.4 is 0 Å². The van der Waals surface area contributed by atoms with Gasteiger partial charge in [-0.25, -0.2) is 9.78 Å². The number of carbonyl (C=O) groups excluding carboxylic acids is 1. The fourth-order valence-electron chi connectivity index (χ4n) is 3.04. The first-order valence-electron chi connectivity index (χ1n) is 8.83. The lowest BCUT2D eigenvalue weighted by Gasteiger charge is -2.38. The van der Waals surface area contributed by atoms with Crippen molar-refractivity contribution in [1.82, 2.24) is 9.88 Å². The fourth-order valence-corrected chi connectivity index (χ4v) is 3.04. The molecule has 0 atom stereocenters. The number of aromatic nitrogens is 1. The first-order chi connectivity index (χ1) is 12.4. The molecule has 2 aromatic carbocycles. The number of likely N-dealkylation sites (tertiary alicyclic amines) is 1. The van der Waals surface area contributed by atoms with Gasteiger partial charge in [0.05, 0.1) is 5.92 Å². The van der Waals surface area contributed by atoms with Gasteiger partial charge in [0.15, 0.2) is 5.58 Å². The average molecular weight is 350 g/mol. The first-order valence-corrected chi connectivity index (χ1v) is 8.83. The second-order valence-electron chi connectivity index (χ2n) is 7.68. The van der Waals surface area contributed by atoms with Crippen molar-refractivity contribution in [2.45, 2.75) is 32.3 Å². The SMILES string of the molecule is CC(C)(C)OC(=O)N1CC(c2nc3ccc(-c4ccccc4)cc3o2)C1. The molecule has 26 heavy (non-hydrogen) atoms. The molecule has 1 amide bonds. The van der Waals surface area contributed by atoms with E-state index in [0.717, 1.165) is 22.2 Å². The lowest BCUT2D eigenvalue weighted by Crippen LogP contribution is -2.50. The Morgan fingerprint density at radius 3 is 2.54 bits per heavy atom. The maximum Gasteiger partial charge on any atom is 0.410 e. The van der Waals surface area contributed by atoms with Crippen LogP contribution in [0.2, 0.25) is 0 Å². The van der Waals surface area contributed by atoms with Crippen LogP contribution in [0.5, 0.6) is 0 Å². The molecule has 134 valence electrons. The van der Waals surface area contributed by atoms with Gasteiger partial charge in [-0.1, -0.05) is 36.4 Å². The largest absolute Gasteiger partial charge is 0.444 e. The Bertz CT molecular complexity index is 935. The van der Waals surface area contributed by atoms with Gasteiger partial charge in [-0.2, -0.15) is 0 Å². The van der Waals surface area contributed by atoms with Crippen molar-refractivity contribution in [3.63, 3.8) is 0 Å². The highest BCUT2D eigenvalue weighted by Crippen LogP contribution is 2.32. The standard InChI is InChI=1S/C21H22N2O3/c1-21(2,3)26-20(24)23-12-16(13-23)19-22-17-10-9-15(11-18(17)25-19)14-7-5-4-6-8-14/h4-11,16H,12-13H2,1-3H3. The Kier molecular flexibility index (Phi) is 3.94. The summed E-state index contributed by atoms with van der Waals surface area (Å²) in [6.45, 7) is 6.76. The van der Waals surface area contributed by atoms with E-state index < -0.39 is 5.60 Å². The van der Waals surface area contributed by atoms with Crippen LogP contribution in [0.1, 0.15) is 32.6 Å². The zero-order valence-electron chi connectivity index (χ0n) is 15.2. The summed E-state index contributed by atoms with van der Waals surface area (Å²) in [5.41, 5.74) is 3.39. The molecular formula is C21H22N2O3. The molecular weight excluding hydrogens is 328 g/mol. The fraction of sp³-hybridized carbons (Fsp3) is 0.333. The summed E-state index contributed by atoms with van der Waals surface area (Å²) in [6, 6.07) is 16.2. The molecule has 0 aliphatic carbocycles. The average Bonchev–Trinajstić information content (AvgIpc) is 2.95. The number of hydrogen-bond acceptors (Lipinski definition) is 4. The van der Waals surface area contributed by atoms with Crippen molar-refractivity contribution < 1.29 is 13.9 Å². The van der Waals surface area contributed by atoms with Gasteiger partial charge in [-0.3, -0.25) is 0 Å². The minimum atomic E-state index is -0.479. The van der Waals surface area contributed by atoms with Crippen molar-refractivity contribution >= 4 is 17.2 Å². The monoisotopic (exact) mass is 350 g/mol. The molecule has 1 fully saturated rings.